The maximum absolute atomic E-state index is 11.1. The van der Waals surface area contributed by atoms with E-state index in [9.17, 15) is 15.0 Å². The fourth-order valence-electron chi connectivity index (χ4n) is 1.27. The van der Waals surface area contributed by atoms with Crippen LogP contribution in [0.25, 0.3) is 11.0 Å². The van der Waals surface area contributed by atoms with Crippen molar-refractivity contribution in [2.75, 3.05) is 0 Å². The summed E-state index contributed by atoms with van der Waals surface area (Å²) in [6.45, 7) is 1.46. The highest BCUT2D eigenvalue weighted by Crippen LogP contribution is 2.28. The fourth-order valence-corrected chi connectivity index (χ4v) is 1.27. The van der Waals surface area contributed by atoms with Gasteiger partial charge in [-0.1, -0.05) is 0 Å². The number of rotatable bonds is 0. The molecule has 0 saturated heterocycles. The summed E-state index contributed by atoms with van der Waals surface area (Å²) in [6, 6.07) is 4.17. The normalized spacial score (nSPS) is 10.6. The topological polar surface area (TPSA) is 70.7 Å². The summed E-state index contributed by atoms with van der Waals surface area (Å²) < 4.78 is 4.90. The Labute approximate surface area is 79.0 Å². The van der Waals surface area contributed by atoms with Gasteiger partial charge in [-0.05, 0) is 25.1 Å². The van der Waals surface area contributed by atoms with E-state index in [1.165, 1.54) is 25.1 Å². The number of benzene rings is 1. The van der Waals surface area contributed by atoms with Crippen LogP contribution in [0.3, 0.4) is 0 Å². The van der Waals surface area contributed by atoms with Gasteiger partial charge in [0.15, 0.2) is 0 Å². The Bertz CT molecular complexity index is 554. The molecule has 4 nitrogen and oxygen atoms in total. The molecule has 0 aliphatic heterocycles. The quantitative estimate of drug-likeness (QED) is 0.620. The molecule has 2 N–H and O–H groups in total. The average molecular weight is 192 g/mol. The Kier molecular flexibility index (Phi) is 1.70. The molecule has 0 radical (unpaired) electrons. The van der Waals surface area contributed by atoms with Gasteiger partial charge >= 0.3 is 5.63 Å². The van der Waals surface area contributed by atoms with E-state index in [1.54, 1.807) is 0 Å². The molecule has 2 rings (SSSR count). The Balaban J connectivity index is 2.99. The van der Waals surface area contributed by atoms with Crippen LogP contribution in [-0.4, -0.2) is 10.2 Å². The predicted octanol–water partition coefficient (Wildman–Crippen LogP) is 1.51. The van der Waals surface area contributed by atoms with Crippen molar-refractivity contribution in [3.05, 3.63) is 34.2 Å². The number of hydrogen-bond donors (Lipinski definition) is 2. The molecule has 0 amide bonds. The maximum Gasteiger partial charge on any atom is 0.342 e. The van der Waals surface area contributed by atoms with Crippen molar-refractivity contribution in [3.8, 4) is 11.5 Å². The standard InChI is InChI=1S/C10H8O4/c1-5-9(12)7-4-6(11)2-3-8(7)14-10(5)13/h2-4,11-12H,1H3. The molecular formula is C10H8O4. The molecule has 0 spiro atoms. The van der Waals surface area contributed by atoms with Gasteiger partial charge in [0.05, 0.1) is 10.9 Å². The molecule has 0 saturated carbocycles. The molecule has 2 aromatic rings. The lowest BCUT2D eigenvalue weighted by atomic mass is 10.1. The summed E-state index contributed by atoms with van der Waals surface area (Å²) in [5, 5.41) is 19.1. The minimum Gasteiger partial charge on any atom is -0.508 e. The molecule has 0 fully saturated rings. The van der Waals surface area contributed by atoms with Gasteiger partial charge in [0, 0.05) is 0 Å². The van der Waals surface area contributed by atoms with Crippen LogP contribution < -0.4 is 5.63 Å². The van der Waals surface area contributed by atoms with E-state index in [1.807, 2.05) is 0 Å². The number of hydrogen-bond acceptors (Lipinski definition) is 4. The summed E-state index contributed by atoms with van der Waals surface area (Å²) in [7, 11) is 0. The summed E-state index contributed by atoms with van der Waals surface area (Å²) in [6.07, 6.45) is 0. The monoisotopic (exact) mass is 192 g/mol. The van der Waals surface area contributed by atoms with Crippen LogP contribution in [0, 0.1) is 6.92 Å². The molecule has 4 heteroatoms. The molecule has 1 aromatic heterocycles. The third kappa shape index (κ3) is 1.12. The Morgan fingerprint density at radius 2 is 2.00 bits per heavy atom. The van der Waals surface area contributed by atoms with Gasteiger partial charge < -0.3 is 14.6 Å². The first-order chi connectivity index (χ1) is 6.59. The zero-order valence-electron chi connectivity index (χ0n) is 7.44. The summed E-state index contributed by atoms with van der Waals surface area (Å²) in [5.41, 5.74) is -0.167. The van der Waals surface area contributed by atoms with Crippen molar-refractivity contribution in [1.82, 2.24) is 0 Å². The summed E-state index contributed by atoms with van der Waals surface area (Å²) in [4.78, 5) is 11.1. The largest absolute Gasteiger partial charge is 0.508 e. The van der Waals surface area contributed by atoms with E-state index in [0.717, 1.165) is 0 Å². The van der Waals surface area contributed by atoms with Crippen LogP contribution in [-0.2, 0) is 0 Å². The Hall–Kier alpha value is -1.97. The SMILES string of the molecule is Cc1c(O)c2cc(O)ccc2oc1=O. The van der Waals surface area contributed by atoms with Crippen molar-refractivity contribution in [1.29, 1.82) is 0 Å². The highest BCUT2D eigenvalue weighted by molar-refractivity contribution is 5.85. The molecule has 0 unspecified atom stereocenters. The van der Waals surface area contributed by atoms with E-state index >= 15 is 0 Å². The lowest BCUT2D eigenvalue weighted by Gasteiger charge is -2.02. The van der Waals surface area contributed by atoms with E-state index in [-0.39, 0.29) is 22.6 Å². The third-order valence-electron chi connectivity index (χ3n) is 2.08. The number of phenolic OH excluding ortho intramolecular Hbond substituents is 1. The van der Waals surface area contributed by atoms with Crippen molar-refractivity contribution in [2.45, 2.75) is 6.92 Å². The zero-order valence-corrected chi connectivity index (χ0v) is 7.44. The van der Waals surface area contributed by atoms with E-state index < -0.39 is 5.63 Å². The first kappa shape index (κ1) is 8.62. The second-order valence-electron chi connectivity index (χ2n) is 3.04. The molecule has 1 heterocycles. The van der Waals surface area contributed by atoms with Gasteiger partial charge in [-0.15, -0.1) is 0 Å². The molecule has 72 valence electrons. The molecule has 1 aromatic carbocycles. The Morgan fingerprint density at radius 1 is 1.29 bits per heavy atom. The summed E-state index contributed by atoms with van der Waals surface area (Å²) in [5.74, 6) is -0.131. The second-order valence-corrected chi connectivity index (χ2v) is 3.04. The number of aromatic hydroxyl groups is 2. The van der Waals surface area contributed by atoms with Crippen LogP contribution in [0.4, 0.5) is 0 Å². The highest BCUT2D eigenvalue weighted by Gasteiger charge is 2.09. The van der Waals surface area contributed by atoms with E-state index in [0.29, 0.717) is 5.39 Å². The molecule has 0 aliphatic carbocycles. The van der Waals surface area contributed by atoms with Crippen LogP contribution in [0.1, 0.15) is 5.56 Å². The molecule has 0 atom stereocenters. The van der Waals surface area contributed by atoms with Crippen molar-refractivity contribution in [2.24, 2.45) is 0 Å². The van der Waals surface area contributed by atoms with Crippen molar-refractivity contribution < 1.29 is 14.6 Å². The van der Waals surface area contributed by atoms with E-state index in [4.69, 9.17) is 4.42 Å². The van der Waals surface area contributed by atoms with Crippen LogP contribution in [0.5, 0.6) is 11.5 Å². The zero-order chi connectivity index (χ0) is 10.3. The van der Waals surface area contributed by atoms with Crippen molar-refractivity contribution in [3.63, 3.8) is 0 Å². The summed E-state index contributed by atoms with van der Waals surface area (Å²) >= 11 is 0. The highest BCUT2D eigenvalue weighted by atomic mass is 16.4. The van der Waals surface area contributed by atoms with Gasteiger partial charge in [-0.2, -0.15) is 0 Å². The van der Waals surface area contributed by atoms with Gasteiger partial charge in [0.25, 0.3) is 0 Å². The first-order valence-electron chi connectivity index (χ1n) is 4.05. The van der Waals surface area contributed by atoms with Crippen molar-refractivity contribution >= 4 is 11.0 Å². The van der Waals surface area contributed by atoms with Gasteiger partial charge in [0.2, 0.25) is 0 Å². The lowest BCUT2D eigenvalue weighted by molar-refractivity contribution is 0.457. The number of phenols is 1. The van der Waals surface area contributed by atoms with Gasteiger partial charge in [-0.25, -0.2) is 4.79 Å². The lowest BCUT2D eigenvalue weighted by Crippen LogP contribution is -2.02. The molecular weight excluding hydrogens is 184 g/mol. The number of fused-ring (bicyclic) bond motifs is 1. The van der Waals surface area contributed by atoms with Gasteiger partial charge in [-0.3, -0.25) is 0 Å². The maximum atomic E-state index is 11.1. The van der Waals surface area contributed by atoms with Crippen LogP contribution in [0.15, 0.2) is 27.4 Å². The van der Waals surface area contributed by atoms with E-state index in [2.05, 4.69) is 0 Å². The minimum absolute atomic E-state index is 0.0149. The molecule has 14 heavy (non-hydrogen) atoms. The fraction of sp³-hybridized carbons (Fsp3) is 0.100. The third-order valence-corrected chi connectivity index (χ3v) is 2.08. The second kappa shape index (κ2) is 2.77. The Morgan fingerprint density at radius 3 is 2.71 bits per heavy atom. The first-order valence-corrected chi connectivity index (χ1v) is 4.05. The predicted molar refractivity (Wildman–Crippen MR) is 50.6 cm³/mol. The molecule has 0 aliphatic rings. The molecule has 0 bridgehead atoms. The van der Waals surface area contributed by atoms with Gasteiger partial charge in [0.1, 0.15) is 17.1 Å². The minimum atomic E-state index is -0.569. The smallest absolute Gasteiger partial charge is 0.342 e. The average Bonchev–Trinajstić information content (AvgIpc) is 2.16. The van der Waals surface area contributed by atoms with Crippen LogP contribution >= 0.6 is 0 Å². The van der Waals surface area contributed by atoms with Crippen LogP contribution in [0.2, 0.25) is 0 Å².